The summed E-state index contributed by atoms with van der Waals surface area (Å²) >= 11 is 0. The van der Waals surface area contributed by atoms with Crippen LogP contribution in [0.1, 0.15) is 39.2 Å². The fourth-order valence-electron chi connectivity index (χ4n) is 1.87. The highest BCUT2D eigenvalue weighted by atomic mass is 16.5. The van der Waals surface area contributed by atoms with E-state index in [0.29, 0.717) is 5.92 Å². The second-order valence-corrected chi connectivity index (χ2v) is 5.67. The molecule has 1 aliphatic rings. The Morgan fingerprint density at radius 2 is 1.76 bits per heavy atom. The lowest BCUT2D eigenvalue weighted by Crippen LogP contribution is -2.16. The number of hydrogen-bond donors (Lipinski definition) is 0. The molecular weight excluding hydrogens is 210 g/mol. The van der Waals surface area contributed by atoms with E-state index in [2.05, 4.69) is 32.9 Å². The first-order valence-corrected chi connectivity index (χ1v) is 6.24. The first kappa shape index (κ1) is 12.2. The number of aliphatic imine (C=N–C) groups is 1. The fraction of sp³-hybridized carbons (Fsp3) is 0.533. The van der Waals surface area contributed by atoms with Crippen LogP contribution in [0.5, 0.6) is 5.75 Å². The van der Waals surface area contributed by atoms with E-state index in [0.717, 1.165) is 5.75 Å². The molecular formula is C15H21NO. The molecule has 0 aliphatic heterocycles. The monoisotopic (exact) mass is 231 g/mol. The molecule has 0 spiro atoms. The van der Waals surface area contributed by atoms with E-state index in [9.17, 15) is 0 Å². The van der Waals surface area contributed by atoms with Gasteiger partial charge in [0.15, 0.2) is 0 Å². The average Bonchev–Trinajstić information content (AvgIpc) is 3.09. The van der Waals surface area contributed by atoms with Crippen molar-refractivity contribution >= 4 is 5.71 Å². The van der Waals surface area contributed by atoms with E-state index < -0.39 is 0 Å². The summed E-state index contributed by atoms with van der Waals surface area (Å²) in [5, 5.41) is 0. The van der Waals surface area contributed by atoms with Gasteiger partial charge in [0.2, 0.25) is 0 Å². The number of methoxy groups -OCH3 is 1. The maximum Gasteiger partial charge on any atom is 0.118 e. The molecule has 17 heavy (non-hydrogen) atoms. The molecule has 1 saturated carbocycles. The largest absolute Gasteiger partial charge is 0.497 e. The number of ether oxygens (including phenoxy) is 1. The van der Waals surface area contributed by atoms with Gasteiger partial charge in [-0.3, -0.25) is 4.99 Å². The maximum absolute atomic E-state index is 5.19. The number of nitrogens with zero attached hydrogens (tertiary/aromatic N) is 1. The second-order valence-electron chi connectivity index (χ2n) is 5.67. The van der Waals surface area contributed by atoms with Crippen LogP contribution in [0.15, 0.2) is 29.3 Å². The van der Waals surface area contributed by atoms with Crippen molar-refractivity contribution in [3.05, 3.63) is 29.8 Å². The third-order valence-corrected chi connectivity index (χ3v) is 2.81. The van der Waals surface area contributed by atoms with Gasteiger partial charge in [-0.05, 0) is 63.4 Å². The Balaban J connectivity index is 2.29. The van der Waals surface area contributed by atoms with Crippen LogP contribution in [-0.2, 0) is 0 Å². The molecule has 0 atom stereocenters. The summed E-state index contributed by atoms with van der Waals surface area (Å²) in [7, 11) is 1.69. The summed E-state index contributed by atoms with van der Waals surface area (Å²) in [5.41, 5.74) is 2.50. The van der Waals surface area contributed by atoms with Crippen LogP contribution in [0.4, 0.5) is 0 Å². The van der Waals surface area contributed by atoms with Crippen molar-refractivity contribution in [2.24, 2.45) is 10.9 Å². The van der Waals surface area contributed by atoms with E-state index in [1.807, 2.05) is 12.1 Å². The van der Waals surface area contributed by atoms with Gasteiger partial charge in [0.05, 0.1) is 12.6 Å². The van der Waals surface area contributed by atoms with Crippen LogP contribution in [0.25, 0.3) is 0 Å². The van der Waals surface area contributed by atoms with E-state index >= 15 is 0 Å². The predicted octanol–water partition coefficient (Wildman–Crippen LogP) is 3.69. The molecule has 2 rings (SSSR count). The van der Waals surface area contributed by atoms with Crippen LogP contribution in [0.2, 0.25) is 0 Å². The third kappa shape index (κ3) is 3.32. The average molecular weight is 231 g/mol. The van der Waals surface area contributed by atoms with Crippen molar-refractivity contribution in [3.8, 4) is 5.75 Å². The van der Waals surface area contributed by atoms with Crippen LogP contribution < -0.4 is 4.74 Å². The Kier molecular flexibility index (Phi) is 3.23. The highest BCUT2D eigenvalue weighted by Gasteiger charge is 2.29. The zero-order chi connectivity index (χ0) is 12.5. The van der Waals surface area contributed by atoms with E-state index in [1.54, 1.807) is 7.11 Å². The third-order valence-electron chi connectivity index (χ3n) is 2.81. The molecule has 1 fully saturated rings. The molecule has 0 aromatic heterocycles. The number of hydrogen-bond acceptors (Lipinski definition) is 2. The second kappa shape index (κ2) is 4.52. The lowest BCUT2D eigenvalue weighted by atomic mass is 10.0. The molecule has 0 heterocycles. The Bertz CT molecular complexity index is 408. The summed E-state index contributed by atoms with van der Waals surface area (Å²) < 4.78 is 5.19. The molecule has 0 radical (unpaired) electrons. The Hall–Kier alpha value is -1.31. The minimum absolute atomic E-state index is 0.00213. The molecule has 1 aromatic rings. The first-order valence-electron chi connectivity index (χ1n) is 6.24. The zero-order valence-corrected chi connectivity index (χ0v) is 11.2. The highest BCUT2D eigenvalue weighted by molar-refractivity contribution is 6.03. The topological polar surface area (TPSA) is 21.6 Å². The summed E-state index contributed by atoms with van der Waals surface area (Å²) in [4.78, 5) is 4.87. The maximum atomic E-state index is 5.19. The molecule has 0 N–H and O–H groups in total. The summed E-state index contributed by atoms with van der Waals surface area (Å²) in [6, 6.07) is 8.25. The Labute approximate surface area is 104 Å². The van der Waals surface area contributed by atoms with Gasteiger partial charge in [0.1, 0.15) is 5.75 Å². The van der Waals surface area contributed by atoms with Gasteiger partial charge in [0, 0.05) is 11.6 Å². The minimum Gasteiger partial charge on any atom is -0.497 e. The van der Waals surface area contributed by atoms with Gasteiger partial charge < -0.3 is 4.74 Å². The molecule has 2 heteroatoms. The Morgan fingerprint density at radius 3 is 2.18 bits per heavy atom. The SMILES string of the molecule is COc1ccc(C(=NC(C)(C)C)C2CC2)cc1. The van der Waals surface area contributed by atoms with Gasteiger partial charge in [-0.1, -0.05) is 0 Å². The quantitative estimate of drug-likeness (QED) is 0.727. The molecule has 1 aliphatic carbocycles. The summed E-state index contributed by atoms with van der Waals surface area (Å²) in [6.07, 6.45) is 2.56. The van der Waals surface area contributed by atoms with E-state index in [1.165, 1.54) is 24.1 Å². The zero-order valence-electron chi connectivity index (χ0n) is 11.2. The smallest absolute Gasteiger partial charge is 0.118 e. The predicted molar refractivity (Wildman–Crippen MR) is 72.0 cm³/mol. The first-order chi connectivity index (χ1) is 7.99. The standard InChI is InChI=1S/C15H21NO/c1-15(2,3)16-14(11-5-6-11)12-7-9-13(17-4)10-8-12/h7-11H,5-6H2,1-4H3. The van der Waals surface area contributed by atoms with Gasteiger partial charge >= 0.3 is 0 Å². The van der Waals surface area contributed by atoms with Crippen molar-refractivity contribution in [1.29, 1.82) is 0 Å². The van der Waals surface area contributed by atoms with Crippen LogP contribution in [0.3, 0.4) is 0 Å². The van der Waals surface area contributed by atoms with Crippen LogP contribution >= 0.6 is 0 Å². The van der Waals surface area contributed by atoms with Crippen molar-refractivity contribution in [2.75, 3.05) is 7.11 Å². The van der Waals surface area contributed by atoms with Gasteiger partial charge in [-0.15, -0.1) is 0 Å². The Morgan fingerprint density at radius 1 is 1.18 bits per heavy atom. The lowest BCUT2D eigenvalue weighted by molar-refractivity contribution is 0.415. The molecule has 0 saturated heterocycles. The van der Waals surface area contributed by atoms with Crippen molar-refractivity contribution < 1.29 is 4.74 Å². The molecule has 2 nitrogen and oxygen atoms in total. The van der Waals surface area contributed by atoms with Gasteiger partial charge in [-0.2, -0.15) is 0 Å². The molecule has 0 amide bonds. The number of benzene rings is 1. The minimum atomic E-state index is -0.00213. The van der Waals surface area contributed by atoms with E-state index in [4.69, 9.17) is 9.73 Å². The molecule has 0 bridgehead atoms. The van der Waals surface area contributed by atoms with Gasteiger partial charge in [-0.25, -0.2) is 0 Å². The fourth-order valence-corrected chi connectivity index (χ4v) is 1.87. The highest BCUT2D eigenvalue weighted by Crippen LogP contribution is 2.34. The van der Waals surface area contributed by atoms with Crippen LogP contribution in [0, 0.1) is 5.92 Å². The lowest BCUT2D eigenvalue weighted by Gasteiger charge is -2.16. The summed E-state index contributed by atoms with van der Waals surface area (Å²) in [6.45, 7) is 6.46. The van der Waals surface area contributed by atoms with Gasteiger partial charge in [0.25, 0.3) is 0 Å². The molecule has 92 valence electrons. The normalized spacial score (nSPS) is 17.1. The summed E-state index contributed by atoms with van der Waals surface area (Å²) in [5.74, 6) is 1.57. The van der Waals surface area contributed by atoms with Crippen LogP contribution in [-0.4, -0.2) is 18.4 Å². The van der Waals surface area contributed by atoms with Crippen molar-refractivity contribution in [1.82, 2.24) is 0 Å². The molecule has 0 unspecified atom stereocenters. The molecule has 1 aromatic carbocycles. The van der Waals surface area contributed by atoms with Crippen molar-refractivity contribution in [2.45, 2.75) is 39.2 Å². The number of rotatable bonds is 3. The van der Waals surface area contributed by atoms with Crippen molar-refractivity contribution in [3.63, 3.8) is 0 Å². The van der Waals surface area contributed by atoms with E-state index in [-0.39, 0.29) is 5.54 Å².